The molecule has 1 aromatic carbocycles. The normalized spacial score (nSPS) is 13.0. The van der Waals surface area contributed by atoms with Crippen LogP contribution in [0.25, 0.3) is 0 Å². The van der Waals surface area contributed by atoms with Crippen LogP contribution in [-0.4, -0.2) is 36.4 Å². The SMILES string of the molecule is C=C(C[C@@H](C(=O)OCC)[C@H](O)CCc1ccccc1)C(=O)OCC. The van der Waals surface area contributed by atoms with Crippen molar-refractivity contribution in [3.05, 3.63) is 48.0 Å². The van der Waals surface area contributed by atoms with Gasteiger partial charge in [0.25, 0.3) is 0 Å². The van der Waals surface area contributed by atoms with Crippen LogP contribution in [0.4, 0.5) is 0 Å². The second kappa shape index (κ2) is 10.6. The van der Waals surface area contributed by atoms with E-state index in [0.29, 0.717) is 12.8 Å². The highest BCUT2D eigenvalue weighted by Crippen LogP contribution is 2.21. The molecule has 0 bridgehead atoms. The maximum Gasteiger partial charge on any atom is 0.333 e. The van der Waals surface area contributed by atoms with Crippen LogP contribution in [0.15, 0.2) is 42.5 Å². The van der Waals surface area contributed by atoms with Crippen molar-refractivity contribution in [2.24, 2.45) is 5.92 Å². The van der Waals surface area contributed by atoms with Gasteiger partial charge in [0.2, 0.25) is 0 Å². The molecule has 0 saturated carbocycles. The molecule has 0 heterocycles. The highest BCUT2D eigenvalue weighted by atomic mass is 16.5. The number of carbonyl (C=O) groups excluding carboxylic acids is 2. The first kappa shape index (κ1) is 19.9. The lowest BCUT2D eigenvalue weighted by Crippen LogP contribution is -2.32. The molecule has 0 aliphatic carbocycles. The Labute approximate surface area is 143 Å². The van der Waals surface area contributed by atoms with Gasteiger partial charge >= 0.3 is 11.9 Å². The number of hydrogen-bond acceptors (Lipinski definition) is 5. The van der Waals surface area contributed by atoms with Crippen LogP contribution in [0.2, 0.25) is 0 Å². The maximum absolute atomic E-state index is 12.1. The molecule has 132 valence electrons. The summed E-state index contributed by atoms with van der Waals surface area (Å²) in [5.74, 6) is -1.91. The molecule has 0 radical (unpaired) electrons. The molecule has 5 heteroatoms. The van der Waals surface area contributed by atoms with Crippen molar-refractivity contribution in [3.63, 3.8) is 0 Å². The van der Waals surface area contributed by atoms with E-state index in [4.69, 9.17) is 9.47 Å². The summed E-state index contributed by atoms with van der Waals surface area (Å²) in [5, 5.41) is 10.4. The Bertz CT molecular complexity index is 538. The van der Waals surface area contributed by atoms with Gasteiger partial charge in [0.1, 0.15) is 0 Å². The Morgan fingerprint density at radius 3 is 2.33 bits per heavy atom. The summed E-state index contributed by atoms with van der Waals surface area (Å²) in [7, 11) is 0. The Kier molecular flexibility index (Phi) is 8.79. The number of esters is 2. The van der Waals surface area contributed by atoms with Gasteiger partial charge in [-0.15, -0.1) is 0 Å². The molecule has 0 saturated heterocycles. The van der Waals surface area contributed by atoms with E-state index in [0.717, 1.165) is 5.56 Å². The maximum atomic E-state index is 12.1. The lowest BCUT2D eigenvalue weighted by molar-refractivity contribution is -0.152. The van der Waals surface area contributed by atoms with Gasteiger partial charge in [0.05, 0.1) is 25.2 Å². The quantitative estimate of drug-likeness (QED) is 0.526. The number of aliphatic hydroxyl groups excluding tert-OH is 1. The van der Waals surface area contributed by atoms with Gasteiger partial charge in [0.15, 0.2) is 0 Å². The van der Waals surface area contributed by atoms with Crippen LogP contribution in [-0.2, 0) is 25.5 Å². The first-order valence-electron chi connectivity index (χ1n) is 8.23. The first-order chi connectivity index (χ1) is 11.5. The molecular weight excluding hydrogens is 308 g/mol. The van der Waals surface area contributed by atoms with Crippen LogP contribution < -0.4 is 0 Å². The average Bonchev–Trinajstić information content (AvgIpc) is 2.58. The van der Waals surface area contributed by atoms with Crippen LogP contribution in [0.1, 0.15) is 32.3 Å². The van der Waals surface area contributed by atoms with Crippen LogP contribution >= 0.6 is 0 Å². The molecule has 1 rings (SSSR count). The predicted octanol–water partition coefficient (Wildman–Crippen LogP) is 2.67. The summed E-state index contributed by atoms with van der Waals surface area (Å²) in [6.45, 7) is 7.51. The van der Waals surface area contributed by atoms with Crippen LogP contribution in [0.5, 0.6) is 0 Å². The minimum absolute atomic E-state index is 0.0215. The van der Waals surface area contributed by atoms with Gasteiger partial charge in [-0.05, 0) is 38.7 Å². The van der Waals surface area contributed by atoms with Gasteiger partial charge in [-0.3, -0.25) is 4.79 Å². The smallest absolute Gasteiger partial charge is 0.333 e. The summed E-state index contributed by atoms with van der Waals surface area (Å²) >= 11 is 0. The van der Waals surface area contributed by atoms with E-state index in [1.54, 1.807) is 13.8 Å². The third-order valence-electron chi connectivity index (χ3n) is 3.66. The van der Waals surface area contributed by atoms with Crippen molar-refractivity contribution in [2.45, 2.75) is 39.2 Å². The zero-order valence-electron chi connectivity index (χ0n) is 14.4. The van der Waals surface area contributed by atoms with E-state index in [2.05, 4.69) is 6.58 Å². The third kappa shape index (κ3) is 6.54. The fourth-order valence-electron chi connectivity index (χ4n) is 2.37. The average molecular weight is 334 g/mol. The minimum Gasteiger partial charge on any atom is -0.466 e. The molecule has 5 nitrogen and oxygen atoms in total. The van der Waals surface area contributed by atoms with Crippen molar-refractivity contribution in [2.75, 3.05) is 13.2 Å². The highest BCUT2D eigenvalue weighted by molar-refractivity contribution is 5.88. The lowest BCUT2D eigenvalue weighted by atomic mass is 9.90. The molecule has 0 amide bonds. The van der Waals surface area contributed by atoms with E-state index in [1.807, 2.05) is 30.3 Å². The molecular formula is C19H26O5. The standard InChI is InChI=1S/C19H26O5/c1-4-23-18(21)14(3)13-16(19(22)24-5-2)17(20)12-11-15-9-7-6-8-10-15/h6-10,16-17,20H,3-5,11-13H2,1-2H3/t16-,17-/m1/s1. The van der Waals surface area contributed by atoms with Crippen LogP contribution in [0.3, 0.4) is 0 Å². The molecule has 0 aliphatic heterocycles. The highest BCUT2D eigenvalue weighted by Gasteiger charge is 2.30. The molecule has 0 fully saturated rings. The molecule has 0 aromatic heterocycles. The summed E-state index contributed by atoms with van der Waals surface area (Å²) in [4.78, 5) is 23.8. The zero-order chi connectivity index (χ0) is 17.9. The largest absolute Gasteiger partial charge is 0.466 e. The minimum atomic E-state index is -0.921. The molecule has 0 spiro atoms. The Balaban J connectivity index is 2.71. The number of carbonyl (C=O) groups is 2. The van der Waals surface area contributed by atoms with Gasteiger partial charge in [-0.2, -0.15) is 0 Å². The van der Waals surface area contributed by atoms with Gasteiger partial charge in [0, 0.05) is 5.57 Å². The third-order valence-corrected chi connectivity index (χ3v) is 3.66. The monoisotopic (exact) mass is 334 g/mol. The molecule has 1 N–H and O–H groups in total. The second-order valence-corrected chi connectivity index (χ2v) is 5.48. The Morgan fingerprint density at radius 2 is 1.75 bits per heavy atom. The topological polar surface area (TPSA) is 72.8 Å². The Morgan fingerprint density at radius 1 is 1.12 bits per heavy atom. The summed E-state index contributed by atoms with van der Waals surface area (Å²) in [5.41, 5.74) is 1.23. The van der Waals surface area contributed by atoms with Crippen molar-refractivity contribution in [1.82, 2.24) is 0 Å². The second-order valence-electron chi connectivity index (χ2n) is 5.48. The molecule has 1 aromatic rings. The molecule has 24 heavy (non-hydrogen) atoms. The van der Waals surface area contributed by atoms with Crippen molar-refractivity contribution in [3.8, 4) is 0 Å². The van der Waals surface area contributed by atoms with E-state index in [-0.39, 0.29) is 25.2 Å². The van der Waals surface area contributed by atoms with E-state index in [9.17, 15) is 14.7 Å². The fraction of sp³-hybridized carbons (Fsp3) is 0.474. The Hall–Kier alpha value is -2.14. The summed E-state index contributed by atoms with van der Waals surface area (Å²) < 4.78 is 9.91. The summed E-state index contributed by atoms with van der Waals surface area (Å²) in [6.07, 6.45) is 0.122. The number of hydrogen-bond donors (Lipinski definition) is 1. The first-order valence-corrected chi connectivity index (χ1v) is 8.23. The van der Waals surface area contributed by atoms with Gasteiger partial charge < -0.3 is 14.6 Å². The van der Waals surface area contributed by atoms with E-state index < -0.39 is 24.0 Å². The van der Waals surface area contributed by atoms with Gasteiger partial charge in [-0.25, -0.2) is 4.79 Å². The molecule has 0 aliphatic rings. The van der Waals surface area contributed by atoms with Gasteiger partial charge in [-0.1, -0.05) is 36.9 Å². The van der Waals surface area contributed by atoms with Crippen molar-refractivity contribution >= 4 is 11.9 Å². The lowest BCUT2D eigenvalue weighted by Gasteiger charge is -2.22. The number of rotatable bonds is 10. The number of aryl methyl sites for hydroxylation is 1. The number of aliphatic hydroxyl groups is 1. The van der Waals surface area contributed by atoms with E-state index >= 15 is 0 Å². The van der Waals surface area contributed by atoms with Crippen LogP contribution in [0, 0.1) is 5.92 Å². The number of benzene rings is 1. The van der Waals surface area contributed by atoms with Crippen molar-refractivity contribution in [1.29, 1.82) is 0 Å². The predicted molar refractivity (Wildman–Crippen MR) is 91.3 cm³/mol. The fourth-order valence-corrected chi connectivity index (χ4v) is 2.37. The van der Waals surface area contributed by atoms with E-state index in [1.165, 1.54) is 0 Å². The van der Waals surface area contributed by atoms with Crippen molar-refractivity contribution < 1.29 is 24.2 Å². The zero-order valence-corrected chi connectivity index (χ0v) is 14.4. The summed E-state index contributed by atoms with van der Waals surface area (Å²) in [6, 6.07) is 9.69. The molecule has 0 unspecified atom stereocenters. The molecule has 2 atom stereocenters. The number of ether oxygens (including phenoxy) is 2.